The Morgan fingerprint density at radius 1 is 0.875 bits per heavy atom. The zero-order valence-electron chi connectivity index (χ0n) is 15.3. The average molecular weight is 341 g/mol. The maximum absolute atomic E-state index is 10.6. The largest absolute Gasteiger partial charge is 0.491 e. The first-order valence-corrected chi connectivity index (χ1v) is 8.35. The summed E-state index contributed by atoms with van der Waals surface area (Å²) in [4.78, 5) is 10.6. The van der Waals surface area contributed by atoms with Gasteiger partial charge in [-0.25, -0.2) is 0 Å². The van der Waals surface area contributed by atoms with Crippen LogP contribution >= 0.6 is 0 Å². The molecule has 0 bridgehead atoms. The molecule has 1 aromatic rings. The van der Waals surface area contributed by atoms with Crippen molar-refractivity contribution in [3.8, 4) is 5.75 Å². The van der Waals surface area contributed by atoms with Crippen LogP contribution in [0.25, 0.3) is 0 Å². The van der Waals surface area contributed by atoms with E-state index >= 15 is 0 Å². The van der Waals surface area contributed by atoms with Crippen molar-refractivity contribution in [3.05, 3.63) is 24.3 Å². The van der Waals surface area contributed by atoms with Gasteiger partial charge in [-0.2, -0.15) is 0 Å². The number of carbonyl (C=O) groups excluding carboxylic acids is 1. The lowest BCUT2D eigenvalue weighted by Gasteiger charge is -2.08. The van der Waals surface area contributed by atoms with Crippen molar-refractivity contribution in [3.63, 3.8) is 0 Å². The van der Waals surface area contributed by atoms with Gasteiger partial charge in [-0.05, 0) is 31.2 Å². The molecule has 1 N–H and O–H groups in total. The van der Waals surface area contributed by atoms with Gasteiger partial charge in [-0.3, -0.25) is 4.79 Å². The highest BCUT2D eigenvalue weighted by atomic mass is 16.6. The minimum atomic E-state index is 0.0175. The molecule has 0 saturated heterocycles. The van der Waals surface area contributed by atoms with E-state index < -0.39 is 0 Å². The number of benzene rings is 1. The zero-order valence-corrected chi connectivity index (χ0v) is 15.3. The molecule has 0 heterocycles. The van der Waals surface area contributed by atoms with E-state index in [0.29, 0.717) is 39.6 Å². The van der Waals surface area contributed by atoms with Crippen LogP contribution < -0.4 is 10.1 Å². The molecule has 0 aliphatic heterocycles. The highest BCUT2D eigenvalue weighted by Gasteiger charge is 1.96. The van der Waals surface area contributed by atoms with Gasteiger partial charge in [0.1, 0.15) is 19.0 Å². The van der Waals surface area contributed by atoms with Crippen molar-refractivity contribution in [1.82, 2.24) is 0 Å². The molecule has 0 saturated carbocycles. The summed E-state index contributed by atoms with van der Waals surface area (Å²) in [5, 5.41) is 3.05. The fourth-order valence-corrected chi connectivity index (χ4v) is 1.59. The lowest BCUT2D eigenvalue weighted by molar-refractivity contribution is -0.122. The summed E-state index contributed by atoms with van der Waals surface area (Å²) in [7, 11) is 1.88. The topological polar surface area (TPSA) is 66.0 Å². The molecule has 0 aromatic heterocycles. The summed E-state index contributed by atoms with van der Waals surface area (Å²) < 4.78 is 21.3. The van der Waals surface area contributed by atoms with Crippen molar-refractivity contribution in [1.29, 1.82) is 0 Å². The molecule has 1 aromatic carbocycles. The Morgan fingerprint density at radius 2 is 1.38 bits per heavy atom. The molecule has 138 valence electrons. The highest BCUT2D eigenvalue weighted by molar-refractivity contribution is 5.76. The third kappa shape index (κ3) is 12.9. The Hall–Kier alpha value is -1.63. The third-order valence-corrected chi connectivity index (χ3v) is 2.69. The van der Waals surface area contributed by atoms with Crippen LogP contribution in [0.4, 0.5) is 5.69 Å². The van der Waals surface area contributed by atoms with E-state index in [9.17, 15) is 4.79 Å². The van der Waals surface area contributed by atoms with Crippen LogP contribution in [0.15, 0.2) is 24.3 Å². The van der Waals surface area contributed by atoms with Gasteiger partial charge in [-0.15, -0.1) is 0 Å². The molecule has 0 aliphatic rings. The minimum Gasteiger partial charge on any atom is -0.491 e. The summed E-state index contributed by atoms with van der Waals surface area (Å²) in [6.45, 7) is 8.54. The minimum absolute atomic E-state index is 0.0175. The van der Waals surface area contributed by atoms with Gasteiger partial charge in [0.15, 0.2) is 5.78 Å². The third-order valence-electron chi connectivity index (χ3n) is 2.69. The molecule has 0 radical (unpaired) electrons. The summed E-state index contributed by atoms with van der Waals surface area (Å²) >= 11 is 0. The molecule has 6 nitrogen and oxygen atoms in total. The van der Waals surface area contributed by atoms with E-state index in [2.05, 4.69) is 5.32 Å². The van der Waals surface area contributed by atoms with Crippen molar-refractivity contribution >= 4 is 11.5 Å². The first-order valence-electron chi connectivity index (χ1n) is 8.35. The first-order chi connectivity index (χ1) is 11.7. The predicted octanol–water partition coefficient (Wildman–Crippen LogP) is 2.77. The van der Waals surface area contributed by atoms with Crippen LogP contribution in [0.5, 0.6) is 5.75 Å². The lowest BCUT2D eigenvalue weighted by Crippen LogP contribution is -2.14. The maximum atomic E-state index is 10.6. The molecule has 1 rings (SSSR count). The quantitative estimate of drug-likeness (QED) is 0.557. The normalized spacial score (nSPS) is 9.83. The first kappa shape index (κ1) is 22.4. The Bertz CT molecular complexity index is 408. The molecule has 0 atom stereocenters. The van der Waals surface area contributed by atoms with E-state index in [1.807, 2.05) is 45.2 Å². The van der Waals surface area contributed by atoms with Gasteiger partial charge in [0.2, 0.25) is 0 Å². The predicted molar refractivity (Wildman–Crippen MR) is 96.0 cm³/mol. The van der Waals surface area contributed by atoms with E-state index in [1.54, 1.807) is 0 Å². The Morgan fingerprint density at radius 3 is 1.88 bits per heavy atom. The summed E-state index contributed by atoms with van der Waals surface area (Å²) in [5.41, 5.74) is 1.05. The number of hydrogen-bond acceptors (Lipinski definition) is 6. The van der Waals surface area contributed by atoms with E-state index in [-0.39, 0.29) is 12.4 Å². The van der Waals surface area contributed by atoms with Crippen LogP contribution in [0, 0.1) is 0 Å². The highest BCUT2D eigenvalue weighted by Crippen LogP contribution is 2.14. The summed E-state index contributed by atoms with van der Waals surface area (Å²) in [6, 6.07) is 7.74. The van der Waals surface area contributed by atoms with Gasteiger partial charge < -0.3 is 24.3 Å². The van der Waals surface area contributed by atoms with E-state index in [1.165, 1.54) is 6.92 Å². The van der Waals surface area contributed by atoms with Crippen molar-refractivity contribution < 1.29 is 23.7 Å². The molecule has 0 aliphatic carbocycles. The molecular formula is C18H31NO5. The monoisotopic (exact) mass is 341 g/mol. The smallest absolute Gasteiger partial charge is 0.155 e. The molecule has 6 heteroatoms. The van der Waals surface area contributed by atoms with Crippen LogP contribution in [0.1, 0.15) is 20.8 Å². The summed E-state index contributed by atoms with van der Waals surface area (Å²) in [5.74, 6) is 0.838. The molecule has 0 amide bonds. The van der Waals surface area contributed by atoms with Gasteiger partial charge in [0, 0.05) is 12.7 Å². The van der Waals surface area contributed by atoms with Crippen LogP contribution in [-0.4, -0.2) is 59.1 Å². The number of nitrogens with one attached hydrogen (secondary N) is 1. The summed E-state index contributed by atoms with van der Waals surface area (Å²) in [6.07, 6.45) is 0. The van der Waals surface area contributed by atoms with Crippen LogP contribution in [0.2, 0.25) is 0 Å². The number of anilines is 1. The molecule has 0 fully saturated rings. The van der Waals surface area contributed by atoms with Gasteiger partial charge in [0.25, 0.3) is 0 Å². The average Bonchev–Trinajstić information content (AvgIpc) is 2.61. The number of rotatable bonds is 13. The second-order valence-electron chi connectivity index (χ2n) is 4.60. The van der Waals surface area contributed by atoms with Gasteiger partial charge in [-0.1, -0.05) is 13.8 Å². The van der Waals surface area contributed by atoms with E-state index in [4.69, 9.17) is 18.9 Å². The van der Waals surface area contributed by atoms with Gasteiger partial charge >= 0.3 is 0 Å². The number of carbonyl (C=O) groups is 1. The number of hydrogen-bond donors (Lipinski definition) is 1. The van der Waals surface area contributed by atoms with Gasteiger partial charge in [0.05, 0.1) is 33.0 Å². The van der Waals surface area contributed by atoms with E-state index in [0.717, 1.165) is 11.4 Å². The Balaban J connectivity index is 0.00000254. The fraction of sp³-hybridized carbons (Fsp3) is 0.611. The Kier molecular flexibility index (Phi) is 15.1. The van der Waals surface area contributed by atoms with Crippen molar-refractivity contribution in [2.75, 3.05) is 58.6 Å². The lowest BCUT2D eigenvalue weighted by atomic mass is 10.3. The fourth-order valence-electron chi connectivity index (χ4n) is 1.59. The number of ketones is 1. The standard InChI is InChI=1S/C16H25NO5.C2H6/c1-14(18)13-21-10-9-19-7-8-20-11-12-22-16-5-3-15(17-2)4-6-16;1-2/h3-6,17H,7-13H2,1-2H3;1-2H3. The second kappa shape index (κ2) is 16.2. The maximum Gasteiger partial charge on any atom is 0.155 e. The molecule has 0 unspecified atom stereocenters. The molecule has 24 heavy (non-hydrogen) atoms. The number of ether oxygens (including phenoxy) is 4. The number of Topliss-reactive ketones (excluding diaryl/α,β-unsaturated/α-hetero) is 1. The SMILES string of the molecule is CC.CNc1ccc(OCCOCCOCCOCC(C)=O)cc1. The molecular weight excluding hydrogens is 310 g/mol. The van der Waals surface area contributed by atoms with Crippen molar-refractivity contribution in [2.24, 2.45) is 0 Å². The van der Waals surface area contributed by atoms with Crippen LogP contribution in [0.3, 0.4) is 0 Å². The molecule has 0 spiro atoms. The Labute approximate surface area is 145 Å². The zero-order chi connectivity index (χ0) is 18.0. The second-order valence-corrected chi connectivity index (χ2v) is 4.60. The van der Waals surface area contributed by atoms with Crippen LogP contribution in [-0.2, 0) is 19.0 Å². The van der Waals surface area contributed by atoms with Crippen molar-refractivity contribution in [2.45, 2.75) is 20.8 Å².